The number of aryl methyl sites for hydroxylation is 2. The van der Waals surface area contributed by atoms with Gasteiger partial charge in [0.1, 0.15) is 0 Å². The van der Waals surface area contributed by atoms with Gasteiger partial charge in [-0.3, -0.25) is 0 Å². The Morgan fingerprint density at radius 3 is 1.02 bits per heavy atom. The van der Waals surface area contributed by atoms with Crippen LogP contribution in [0.25, 0.3) is 20.9 Å². The van der Waals surface area contributed by atoms with E-state index in [0.29, 0.717) is 0 Å². The molecule has 0 fully saturated rings. The van der Waals surface area contributed by atoms with Crippen molar-refractivity contribution in [2.24, 2.45) is 0 Å². The summed E-state index contributed by atoms with van der Waals surface area (Å²) in [5.74, 6) is 0. The SMILES string of the molecule is CCCCCCCCCCCC[Si](C)(C)c1ccc(-c2cc(C)c(-c3ccc([Si](C)(C)CCCCCCCCCCCC)s3)cc2C)s1. The molecule has 270 valence electrons. The van der Waals surface area contributed by atoms with Gasteiger partial charge in [0.15, 0.2) is 0 Å². The summed E-state index contributed by atoms with van der Waals surface area (Å²) in [4.78, 5) is 2.94. The fourth-order valence-corrected chi connectivity index (χ4v) is 16.4. The van der Waals surface area contributed by atoms with E-state index < -0.39 is 16.1 Å². The maximum Gasteiger partial charge on any atom is 0.0934 e. The minimum Gasteiger partial charge on any atom is -0.145 e. The molecule has 48 heavy (non-hydrogen) atoms. The van der Waals surface area contributed by atoms with Crippen LogP contribution in [0.15, 0.2) is 36.4 Å². The summed E-state index contributed by atoms with van der Waals surface area (Å²) in [7, 11) is -2.78. The molecule has 0 spiro atoms. The van der Waals surface area contributed by atoms with E-state index >= 15 is 0 Å². The van der Waals surface area contributed by atoms with Crippen molar-refractivity contribution in [3.8, 4) is 20.9 Å². The van der Waals surface area contributed by atoms with Gasteiger partial charge in [0.05, 0.1) is 16.1 Å². The van der Waals surface area contributed by atoms with E-state index in [4.69, 9.17) is 0 Å². The highest BCUT2D eigenvalue weighted by atomic mass is 32.1. The third kappa shape index (κ3) is 14.0. The maximum atomic E-state index is 2.60. The Hall–Kier alpha value is -0.946. The van der Waals surface area contributed by atoms with Gasteiger partial charge in [-0.15, -0.1) is 22.7 Å². The average molecular weight is 723 g/mol. The zero-order chi connectivity index (χ0) is 34.8. The lowest BCUT2D eigenvalue weighted by Gasteiger charge is -2.21. The summed E-state index contributed by atoms with van der Waals surface area (Å²) in [5.41, 5.74) is 5.75. The van der Waals surface area contributed by atoms with Gasteiger partial charge in [-0.1, -0.05) is 193 Å². The first-order valence-corrected chi connectivity index (χ1v) is 28.5. The first-order chi connectivity index (χ1) is 23.1. The van der Waals surface area contributed by atoms with E-state index in [1.165, 1.54) is 173 Å². The molecule has 0 bridgehead atoms. The lowest BCUT2D eigenvalue weighted by Crippen LogP contribution is -2.38. The van der Waals surface area contributed by atoms with E-state index in [9.17, 15) is 0 Å². The van der Waals surface area contributed by atoms with Crippen molar-refractivity contribution in [2.45, 2.75) is 194 Å². The normalized spacial score (nSPS) is 12.3. The topological polar surface area (TPSA) is 0 Å². The molecule has 3 rings (SSSR count). The van der Waals surface area contributed by atoms with Crippen LogP contribution in [0.1, 0.15) is 153 Å². The van der Waals surface area contributed by atoms with Crippen LogP contribution < -0.4 is 9.00 Å². The zero-order valence-corrected chi connectivity index (χ0v) is 36.5. The zero-order valence-electron chi connectivity index (χ0n) is 32.8. The number of benzene rings is 1. The second-order valence-electron chi connectivity index (χ2n) is 16.4. The molecule has 0 amide bonds. The number of thiophene rings is 2. The molecule has 2 aromatic heterocycles. The Kier molecular flexibility index (Phi) is 19.1. The van der Waals surface area contributed by atoms with Crippen LogP contribution in [-0.4, -0.2) is 16.1 Å². The number of hydrogen-bond donors (Lipinski definition) is 0. The molecule has 0 aliphatic heterocycles. The molecule has 0 saturated carbocycles. The molecular formula is C44H74S2Si2. The summed E-state index contributed by atoms with van der Waals surface area (Å²) in [6.07, 6.45) is 28.6. The van der Waals surface area contributed by atoms with Gasteiger partial charge in [-0.25, -0.2) is 0 Å². The highest BCUT2D eigenvalue weighted by molar-refractivity contribution is 7.29. The maximum absolute atomic E-state index is 2.60. The molecule has 3 aromatic rings. The van der Waals surface area contributed by atoms with Gasteiger partial charge in [0.25, 0.3) is 0 Å². The first kappa shape index (κ1) is 41.5. The van der Waals surface area contributed by atoms with Crippen LogP contribution in [0.2, 0.25) is 38.3 Å². The average Bonchev–Trinajstić information content (AvgIpc) is 3.76. The monoisotopic (exact) mass is 722 g/mol. The molecule has 0 nitrogen and oxygen atoms in total. The largest absolute Gasteiger partial charge is 0.145 e. The summed E-state index contributed by atoms with van der Waals surface area (Å²) >= 11 is 4.19. The third-order valence-corrected chi connectivity index (χ3v) is 23.0. The molecule has 0 aliphatic carbocycles. The van der Waals surface area contributed by atoms with Crippen molar-refractivity contribution in [3.05, 3.63) is 47.5 Å². The minimum atomic E-state index is -1.39. The van der Waals surface area contributed by atoms with Crippen molar-refractivity contribution in [3.63, 3.8) is 0 Å². The molecule has 2 heterocycles. The first-order valence-electron chi connectivity index (χ1n) is 20.4. The lowest BCUT2D eigenvalue weighted by atomic mass is 9.98. The second-order valence-corrected chi connectivity index (χ2v) is 28.9. The van der Waals surface area contributed by atoms with Crippen LogP contribution >= 0.6 is 22.7 Å². The molecule has 0 aliphatic rings. The number of hydrogen-bond acceptors (Lipinski definition) is 2. The summed E-state index contributed by atoms with van der Waals surface area (Å²) < 4.78 is 3.37. The molecule has 0 radical (unpaired) electrons. The highest BCUT2D eigenvalue weighted by Crippen LogP contribution is 2.36. The molecule has 0 unspecified atom stereocenters. The fraction of sp³-hybridized carbons (Fsp3) is 0.682. The smallest absolute Gasteiger partial charge is 0.0934 e. The van der Waals surface area contributed by atoms with Crippen molar-refractivity contribution in [1.29, 1.82) is 0 Å². The minimum absolute atomic E-state index is 1.35. The van der Waals surface area contributed by atoms with E-state index in [2.05, 4.69) is 113 Å². The van der Waals surface area contributed by atoms with Crippen LogP contribution in [0, 0.1) is 13.8 Å². The van der Waals surface area contributed by atoms with Crippen molar-refractivity contribution in [1.82, 2.24) is 0 Å². The molecule has 1 aromatic carbocycles. The lowest BCUT2D eigenvalue weighted by molar-refractivity contribution is 0.561. The predicted molar refractivity (Wildman–Crippen MR) is 230 cm³/mol. The van der Waals surface area contributed by atoms with Crippen molar-refractivity contribution < 1.29 is 0 Å². The molecular weight excluding hydrogens is 649 g/mol. The van der Waals surface area contributed by atoms with Crippen LogP contribution in [-0.2, 0) is 0 Å². The van der Waals surface area contributed by atoms with Gasteiger partial charge in [-0.05, 0) is 69.4 Å². The van der Waals surface area contributed by atoms with Gasteiger partial charge < -0.3 is 0 Å². The molecule has 0 saturated heterocycles. The Labute approximate surface area is 309 Å². The standard InChI is InChI=1S/C44H74S2Si2/c1-9-11-13-15-17-19-21-23-25-27-33-47(5,6)43-31-29-41(45-43)39-35-38(4)40(36-37(39)3)42-30-32-44(46-42)48(7,8)34-28-26-24-22-20-18-16-14-12-10-2/h29-32,35-36H,9-28,33-34H2,1-8H3. The van der Waals surface area contributed by atoms with Crippen LogP contribution in [0.3, 0.4) is 0 Å². The molecule has 0 N–H and O–H groups in total. The second kappa shape index (κ2) is 22.1. The van der Waals surface area contributed by atoms with Gasteiger partial charge >= 0.3 is 0 Å². The van der Waals surface area contributed by atoms with E-state index in [0.717, 1.165) is 0 Å². The Bertz CT molecular complexity index is 1200. The van der Waals surface area contributed by atoms with Crippen LogP contribution in [0.4, 0.5) is 0 Å². The quantitative estimate of drug-likeness (QED) is 0.0572. The van der Waals surface area contributed by atoms with Gasteiger partial charge in [-0.2, -0.15) is 0 Å². The summed E-state index contributed by atoms with van der Waals surface area (Å²) in [5, 5.41) is 0. The van der Waals surface area contributed by atoms with Gasteiger partial charge in [0, 0.05) is 9.75 Å². The van der Waals surface area contributed by atoms with E-state index in [1.807, 2.05) is 0 Å². The van der Waals surface area contributed by atoms with Crippen LogP contribution in [0.5, 0.6) is 0 Å². The van der Waals surface area contributed by atoms with Gasteiger partial charge in [0.2, 0.25) is 0 Å². The van der Waals surface area contributed by atoms with Crippen molar-refractivity contribution >= 4 is 47.8 Å². The molecule has 4 heteroatoms. The Balaban J connectivity index is 1.49. The Morgan fingerprint density at radius 1 is 0.417 bits per heavy atom. The number of unbranched alkanes of at least 4 members (excludes halogenated alkanes) is 18. The predicted octanol–water partition coefficient (Wildman–Crippen LogP) is 15.4. The van der Waals surface area contributed by atoms with E-state index in [1.54, 1.807) is 9.00 Å². The Morgan fingerprint density at radius 2 is 0.708 bits per heavy atom. The van der Waals surface area contributed by atoms with E-state index in [-0.39, 0.29) is 0 Å². The summed E-state index contributed by atoms with van der Waals surface area (Å²) in [6, 6.07) is 17.7. The van der Waals surface area contributed by atoms with Crippen molar-refractivity contribution in [2.75, 3.05) is 0 Å². The fourth-order valence-electron chi connectivity index (χ4n) is 7.40. The number of rotatable bonds is 26. The highest BCUT2D eigenvalue weighted by Gasteiger charge is 2.27. The summed E-state index contributed by atoms with van der Waals surface area (Å²) in [6.45, 7) is 19.7. The molecule has 0 atom stereocenters. The third-order valence-electron chi connectivity index (χ3n) is 11.0.